The minimum absolute atomic E-state index is 0.0797. The molecule has 4 rings (SSSR count). The molecule has 0 saturated carbocycles. The molecule has 2 heterocycles. The molecule has 7 nitrogen and oxygen atoms in total. The Morgan fingerprint density at radius 1 is 1.06 bits per heavy atom. The van der Waals surface area contributed by atoms with Crippen LogP contribution in [0, 0.1) is 0 Å². The third-order valence-corrected chi connectivity index (χ3v) is 5.80. The fourth-order valence-electron chi connectivity index (χ4n) is 3.80. The molecule has 0 spiro atoms. The lowest BCUT2D eigenvalue weighted by Crippen LogP contribution is -2.42. The quantitative estimate of drug-likeness (QED) is 0.559. The van der Waals surface area contributed by atoms with Gasteiger partial charge in [-0.15, -0.1) is 0 Å². The predicted octanol–water partition coefficient (Wildman–Crippen LogP) is 3.67. The van der Waals surface area contributed by atoms with Crippen molar-refractivity contribution in [2.24, 2.45) is 0 Å². The zero-order chi connectivity index (χ0) is 22.6. The molecule has 168 valence electrons. The predicted molar refractivity (Wildman–Crippen MR) is 121 cm³/mol. The average molecular weight is 457 g/mol. The van der Waals surface area contributed by atoms with E-state index in [1.807, 2.05) is 67.6 Å². The van der Waals surface area contributed by atoms with Crippen LogP contribution in [0.25, 0.3) is 0 Å². The lowest BCUT2D eigenvalue weighted by molar-refractivity contribution is -0.146. The first kappa shape index (κ1) is 22.5. The van der Waals surface area contributed by atoms with Crippen molar-refractivity contribution >= 4 is 11.6 Å². The first-order valence-electron chi connectivity index (χ1n) is 10.4. The molecule has 32 heavy (non-hydrogen) atoms. The molecule has 0 radical (unpaired) electrons. The maximum Gasteiger partial charge on any atom is 0.330 e. The van der Waals surface area contributed by atoms with Gasteiger partial charge in [0, 0.05) is 12.6 Å². The van der Waals surface area contributed by atoms with Crippen molar-refractivity contribution in [3.8, 4) is 0 Å². The summed E-state index contributed by atoms with van der Waals surface area (Å²) in [5.41, 5.74) is 0.0669. The zero-order valence-electron chi connectivity index (χ0n) is 17.7. The highest BCUT2D eigenvalue weighted by molar-refractivity contribution is 6.30. The summed E-state index contributed by atoms with van der Waals surface area (Å²) in [6.45, 7) is 3.01. The van der Waals surface area contributed by atoms with E-state index in [-0.39, 0.29) is 17.7 Å². The van der Waals surface area contributed by atoms with Crippen LogP contribution in [0.5, 0.6) is 0 Å². The summed E-state index contributed by atoms with van der Waals surface area (Å²) >= 11 is 5.95. The largest absolute Gasteiger partial charge is 0.374 e. The minimum atomic E-state index is -0.809. The maximum absolute atomic E-state index is 12.4. The molecular weight excluding hydrogens is 432 g/mol. The maximum atomic E-state index is 12.4. The number of nitrogens with zero attached hydrogens (tertiary/aromatic N) is 1. The van der Waals surface area contributed by atoms with Crippen LogP contribution < -0.4 is 11.2 Å². The molecule has 1 aliphatic rings. The molecule has 3 aromatic rings. The monoisotopic (exact) mass is 456 g/mol. The summed E-state index contributed by atoms with van der Waals surface area (Å²) in [7, 11) is 0. The Kier molecular flexibility index (Phi) is 6.91. The van der Waals surface area contributed by atoms with E-state index in [0.29, 0.717) is 19.6 Å². The van der Waals surface area contributed by atoms with E-state index < -0.39 is 23.1 Å². The highest BCUT2D eigenvalue weighted by Crippen LogP contribution is 2.39. The zero-order valence-corrected chi connectivity index (χ0v) is 18.5. The Balaban J connectivity index is 1.52. The van der Waals surface area contributed by atoms with Crippen molar-refractivity contribution in [3.63, 3.8) is 0 Å². The van der Waals surface area contributed by atoms with Crippen LogP contribution >= 0.6 is 11.6 Å². The molecule has 1 aromatic heterocycles. The molecule has 1 fully saturated rings. The van der Waals surface area contributed by atoms with Crippen LogP contribution in [0.2, 0.25) is 5.02 Å². The summed E-state index contributed by atoms with van der Waals surface area (Å²) in [5.74, 6) is 0. The fourth-order valence-corrected chi connectivity index (χ4v) is 3.95. The second kappa shape index (κ2) is 9.83. The fraction of sp³-hybridized carbons (Fsp3) is 0.333. The third-order valence-electron chi connectivity index (χ3n) is 5.53. The van der Waals surface area contributed by atoms with Crippen molar-refractivity contribution in [3.05, 3.63) is 104 Å². The number of rotatable bonds is 8. The summed E-state index contributed by atoms with van der Waals surface area (Å²) in [4.78, 5) is 26.2. The molecule has 0 aliphatic carbocycles. The molecular formula is C24H25ClN2O5. The van der Waals surface area contributed by atoms with E-state index >= 15 is 0 Å². The number of halogens is 1. The van der Waals surface area contributed by atoms with Gasteiger partial charge in [-0.1, -0.05) is 72.3 Å². The Hall–Kier alpha value is -2.71. The van der Waals surface area contributed by atoms with E-state index in [1.165, 1.54) is 10.8 Å². The van der Waals surface area contributed by atoms with Crippen LogP contribution in [0.1, 0.15) is 30.7 Å². The normalized spacial score (nSPS) is 22.8. The molecule has 2 aromatic carbocycles. The van der Waals surface area contributed by atoms with Crippen molar-refractivity contribution in [1.82, 2.24) is 9.55 Å². The highest BCUT2D eigenvalue weighted by atomic mass is 35.5. The van der Waals surface area contributed by atoms with E-state index in [0.717, 1.165) is 11.1 Å². The van der Waals surface area contributed by atoms with E-state index in [9.17, 15) is 9.59 Å². The molecule has 1 aliphatic heterocycles. The molecule has 0 amide bonds. The van der Waals surface area contributed by atoms with Gasteiger partial charge in [0.05, 0.1) is 25.9 Å². The van der Waals surface area contributed by atoms with Gasteiger partial charge in [0.25, 0.3) is 5.56 Å². The van der Waals surface area contributed by atoms with Gasteiger partial charge in [-0.3, -0.25) is 14.3 Å². The first-order chi connectivity index (χ1) is 15.4. The van der Waals surface area contributed by atoms with Gasteiger partial charge in [-0.05, 0) is 18.1 Å². The summed E-state index contributed by atoms with van der Waals surface area (Å²) in [6.07, 6.45) is 0.711. The van der Waals surface area contributed by atoms with Crippen LogP contribution in [0.4, 0.5) is 0 Å². The summed E-state index contributed by atoms with van der Waals surface area (Å²) < 4.78 is 19.8. The number of aromatic amines is 1. The molecule has 1 N–H and O–H groups in total. The standard InChI is InChI=1S/C24H25ClN2O5/c1-24(16-30-14-17-8-4-2-5-9-17)20(31-15-18-10-6-3-7-11-18)12-21(32-24)27-13-19(25)22(28)26-23(27)29/h2-11,13,20-21H,12,14-16H2,1H3,(H,26,28,29)/t20-,21+,24+/m0/s1. The third kappa shape index (κ3) is 5.19. The van der Waals surface area contributed by atoms with E-state index in [1.54, 1.807) is 0 Å². The Morgan fingerprint density at radius 2 is 1.69 bits per heavy atom. The lowest BCUT2D eigenvalue weighted by atomic mass is 10.00. The van der Waals surface area contributed by atoms with Gasteiger partial charge in [-0.2, -0.15) is 0 Å². The van der Waals surface area contributed by atoms with Crippen LogP contribution in [0.15, 0.2) is 76.4 Å². The molecule has 3 atom stereocenters. The molecule has 1 saturated heterocycles. The second-order valence-corrected chi connectivity index (χ2v) is 8.44. The van der Waals surface area contributed by atoms with Gasteiger partial charge in [0.2, 0.25) is 0 Å². The Bertz CT molecular complexity index is 1150. The SMILES string of the molecule is C[C@]1(COCc2ccccc2)O[C@@H](n2cc(Cl)c(=O)[nH]c2=O)C[C@@H]1OCc1ccccc1. The van der Waals surface area contributed by atoms with Crippen LogP contribution in [-0.2, 0) is 27.4 Å². The number of ether oxygens (including phenoxy) is 3. The van der Waals surface area contributed by atoms with Gasteiger partial charge < -0.3 is 14.2 Å². The Morgan fingerprint density at radius 3 is 2.34 bits per heavy atom. The minimum Gasteiger partial charge on any atom is -0.374 e. The number of nitrogens with one attached hydrogen (secondary N) is 1. The van der Waals surface area contributed by atoms with Crippen LogP contribution in [-0.4, -0.2) is 27.9 Å². The van der Waals surface area contributed by atoms with Gasteiger partial charge in [0.1, 0.15) is 16.9 Å². The van der Waals surface area contributed by atoms with Crippen molar-refractivity contribution in [1.29, 1.82) is 0 Å². The van der Waals surface area contributed by atoms with E-state index in [2.05, 4.69) is 4.98 Å². The smallest absolute Gasteiger partial charge is 0.330 e. The number of hydrogen-bond donors (Lipinski definition) is 1. The van der Waals surface area contributed by atoms with Gasteiger partial charge >= 0.3 is 5.69 Å². The summed E-state index contributed by atoms with van der Waals surface area (Å²) in [5, 5.41) is -0.0797. The number of benzene rings is 2. The average Bonchev–Trinajstić information content (AvgIpc) is 3.12. The van der Waals surface area contributed by atoms with Crippen LogP contribution in [0.3, 0.4) is 0 Å². The number of aromatic nitrogens is 2. The lowest BCUT2D eigenvalue weighted by Gasteiger charge is -2.30. The van der Waals surface area contributed by atoms with Crippen molar-refractivity contribution in [2.75, 3.05) is 6.61 Å². The molecule has 0 bridgehead atoms. The first-order valence-corrected chi connectivity index (χ1v) is 10.8. The Labute approximate surface area is 190 Å². The molecule has 0 unspecified atom stereocenters. The van der Waals surface area contributed by atoms with Gasteiger partial charge in [-0.25, -0.2) is 4.79 Å². The topological polar surface area (TPSA) is 82.5 Å². The van der Waals surface area contributed by atoms with Crippen molar-refractivity contribution in [2.45, 2.75) is 44.5 Å². The second-order valence-electron chi connectivity index (χ2n) is 8.03. The van der Waals surface area contributed by atoms with Gasteiger partial charge in [0.15, 0.2) is 0 Å². The van der Waals surface area contributed by atoms with E-state index in [4.69, 9.17) is 25.8 Å². The number of H-pyrrole nitrogens is 1. The molecule has 8 heteroatoms. The number of hydrogen-bond acceptors (Lipinski definition) is 5. The van der Waals surface area contributed by atoms with Crippen molar-refractivity contribution < 1.29 is 14.2 Å². The highest BCUT2D eigenvalue weighted by Gasteiger charge is 2.47. The summed E-state index contributed by atoms with van der Waals surface area (Å²) in [6, 6.07) is 19.7.